The standard InChI is InChI=1S/C35H35N3O4S/c1-34(2)17-18-35(3,4)28-21-31-26(20-27(28)34)32(22-11-13-23(14-12-22)33(39)40)36-29-19-24(15-16-30(29)38(31)5)37-43(41,42)25-9-7-6-8-10-25/h6-16,19-21,37H,17-18H2,1-5H3,(H,39,40). The van der Waals surface area contributed by atoms with E-state index in [2.05, 4.69) is 49.4 Å². The summed E-state index contributed by atoms with van der Waals surface area (Å²) in [4.78, 5) is 19.1. The summed E-state index contributed by atoms with van der Waals surface area (Å²) in [6.07, 6.45) is 2.14. The molecule has 0 saturated heterocycles. The molecule has 0 bridgehead atoms. The summed E-state index contributed by atoms with van der Waals surface area (Å²) < 4.78 is 28.9. The van der Waals surface area contributed by atoms with Crippen molar-refractivity contribution in [3.8, 4) is 0 Å². The SMILES string of the molecule is CN1c2ccc(NS(=O)(=O)c3ccccc3)cc2N=C(c2ccc(C(=O)O)cc2)c2cc3c(cc21)C(C)(C)CCC3(C)C. The quantitative estimate of drug-likeness (QED) is 0.246. The monoisotopic (exact) mass is 593 g/mol. The fraction of sp³-hybridized carbons (Fsp3) is 0.257. The van der Waals surface area contributed by atoms with Crippen molar-refractivity contribution < 1.29 is 18.3 Å². The second kappa shape index (κ2) is 10.1. The molecule has 4 aromatic rings. The first-order chi connectivity index (χ1) is 20.3. The van der Waals surface area contributed by atoms with Crippen molar-refractivity contribution in [2.45, 2.75) is 56.3 Å². The predicted molar refractivity (Wildman–Crippen MR) is 172 cm³/mol. The van der Waals surface area contributed by atoms with Crippen molar-refractivity contribution >= 4 is 44.5 Å². The van der Waals surface area contributed by atoms with Crippen LogP contribution in [0.4, 0.5) is 22.7 Å². The largest absolute Gasteiger partial charge is 0.478 e. The average Bonchev–Trinajstić information content (AvgIpc) is 3.09. The zero-order valence-corrected chi connectivity index (χ0v) is 25.8. The van der Waals surface area contributed by atoms with E-state index in [4.69, 9.17) is 4.99 Å². The van der Waals surface area contributed by atoms with Gasteiger partial charge in [0, 0.05) is 18.2 Å². The van der Waals surface area contributed by atoms with E-state index in [1.54, 1.807) is 66.7 Å². The molecule has 7 nitrogen and oxygen atoms in total. The lowest BCUT2D eigenvalue weighted by molar-refractivity contribution is 0.0697. The summed E-state index contributed by atoms with van der Waals surface area (Å²) in [6.45, 7) is 9.16. The Bertz CT molecular complexity index is 1890. The molecule has 0 atom stereocenters. The maximum Gasteiger partial charge on any atom is 0.335 e. The number of anilines is 3. The van der Waals surface area contributed by atoms with Crippen LogP contribution < -0.4 is 9.62 Å². The molecule has 1 heterocycles. The molecule has 1 aliphatic heterocycles. The van der Waals surface area contributed by atoms with Gasteiger partial charge in [0.15, 0.2) is 0 Å². The van der Waals surface area contributed by atoms with Crippen LogP contribution in [0.5, 0.6) is 0 Å². The molecule has 0 fully saturated rings. The van der Waals surface area contributed by atoms with E-state index >= 15 is 0 Å². The highest BCUT2D eigenvalue weighted by Crippen LogP contribution is 2.50. The van der Waals surface area contributed by atoms with Gasteiger partial charge in [-0.15, -0.1) is 0 Å². The number of aliphatic imine (C=N–C) groups is 1. The van der Waals surface area contributed by atoms with Gasteiger partial charge in [0.25, 0.3) is 10.0 Å². The van der Waals surface area contributed by atoms with E-state index in [-0.39, 0.29) is 21.3 Å². The van der Waals surface area contributed by atoms with Crippen LogP contribution in [0.2, 0.25) is 0 Å². The third-order valence-corrected chi connectivity index (χ3v) is 10.3. The number of rotatable bonds is 5. The van der Waals surface area contributed by atoms with Crippen LogP contribution >= 0.6 is 0 Å². The topological polar surface area (TPSA) is 99.1 Å². The first-order valence-corrected chi connectivity index (χ1v) is 15.8. The molecule has 43 heavy (non-hydrogen) atoms. The molecule has 8 heteroatoms. The number of carboxylic acids is 1. The van der Waals surface area contributed by atoms with E-state index in [1.165, 1.54) is 11.1 Å². The molecule has 0 radical (unpaired) electrons. The van der Waals surface area contributed by atoms with Crippen molar-refractivity contribution in [3.63, 3.8) is 0 Å². The Hall–Kier alpha value is -4.43. The predicted octanol–water partition coefficient (Wildman–Crippen LogP) is 7.79. The Balaban J connectivity index is 1.56. The molecule has 1 aliphatic carbocycles. The number of hydrogen-bond donors (Lipinski definition) is 2. The van der Waals surface area contributed by atoms with Gasteiger partial charge in [0.1, 0.15) is 0 Å². The van der Waals surface area contributed by atoms with Crippen LogP contribution in [-0.2, 0) is 20.9 Å². The van der Waals surface area contributed by atoms with Gasteiger partial charge in [-0.05, 0) is 89.4 Å². The Morgan fingerprint density at radius 3 is 2.09 bits per heavy atom. The van der Waals surface area contributed by atoms with Crippen molar-refractivity contribution in [3.05, 3.63) is 113 Å². The van der Waals surface area contributed by atoms with Crippen molar-refractivity contribution in [1.29, 1.82) is 0 Å². The first-order valence-electron chi connectivity index (χ1n) is 14.3. The minimum Gasteiger partial charge on any atom is -0.478 e. The second-order valence-electron chi connectivity index (χ2n) is 12.7. The minimum atomic E-state index is -3.80. The third kappa shape index (κ3) is 5.10. The lowest BCUT2D eigenvalue weighted by Crippen LogP contribution is -2.34. The van der Waals surface area contributed by atoms with Crippen LogP contribution in [0.15, 0.2) is 94.8 Å². The Morgan fingerprint density at radius 2 is 1.47 bits per heavy atom. The molecule has 4 aromatic carbocycles. The van der Waals surface area contributed by atoms with Gasteiger partial charge in [0.2, 0.25) is 0 Å². The number of carbonyl (C=O) groups is 1. The zero-order valence-electron chi connectivity index (χ0n) is 25.0. The Labute approximate surface area is 253 Å². The zero-order chi connectivity index (χ0) is 30.7. The lowest BCUT2D eigenvalue weighted by atomic mass is 9.62. The van der Waals surface area contributed by atoms with Crippen LogP contribution in [0.25, 0.3) is 0 Å². The molecular weight excluding hydrogens is 558 g/mol. The maximum absolute atomic E-state index is 13.1. The number of nitrogens with one attached hydrogen (secondary N) is 1. The number of aromatic carboxylic acids is 1. The molecule has 0 amide bonds. The molecule has 0 unspecified atom stereocenters. The summed E-state index contributed by atoms with van der Waals surface area (Å²) >= 11 is 0. The summed E-state index contributed by atoms with van der Waals surface area (Å²) in [5, 5.41) is 9.51. The van der Waals surface area contributed by atoms with E-state index in [0.29, 0.717) is 17.1 Å². The molecule has 0 saturated carbocycles. The normalized spacial score (nSPS) is 16.7. The number of nitrogens with zero attached hydrogens (tertiary/aromatic N) is 2. The van der Waals surface area contributed by atoms with E-state index < -0.39 is 16.0 Å². The number of benzene rings is 4. The molecule has 2 N–H and O–H groups in total. The van der Waals surface area contributed by atoms with Gasteiger partial charge in [-0.2, -0.15) is 0 Å². The minimum absolute atomic E-state index is 0.00409. The maximum atomic E-state index is 13.1. The Morgan fingerprint density at radius 1 is 0.837 bits per heavy atom. The molecule has 2 aliphatic rings. The van der Waals surface area contributed by atoms with Gasteiger partial charge < -0.3 is 10.0 Å². The molecule has 0 aromatic heterocycles. The van der Waals surface area contributed by atoms with E-state index in [9.17, 15) is 18.3 Å². The second-order valence-corrected chi connectivity index (χ2v) is 14.4. The van der Waals surface area contributed by atoms with Crippen LogP contribution in [-0.4, -0.2) is 32.3 Å². The van der Waals surface area contributed by atoms with Crippen molar-refractivity contribution in [2.24, 2.45) is 4.99 Å². The first kappa shape index (κ1) is 28.7. The number of sulfonamides is 1. The summed E-state index contributed by atoms with van der Waals surface area (Å²) in [7, 11) is -1.79. The summed E-state index contributed by atoms with van der Waals surface area (Å²) in [6, 6.07) is 24.9. The van der Waals surface area contributed by atoms with Gasteiger partial charge in [-0.1, -0.05) is 58.0 Å². The fourth-order valence-corrected chi connectivity index (χ4v) is 7.22. The summed E-state index contributed by atoms with van der Waals surface area (Å²) in [5.41, 5.74) is 7.98. The molecule has 220 valence electrons. The number of fused-ring (bicyclic) bond motifs is 3. The summed E-state index contributed by atoms with van der Waals surface area (Å²) in [5.74, 6) is -0.992. The van der Waals surface area contributed by atoms with Crippen LogP contribution in [0.3, 0.4) is 0 Å². The smallest absolute Gasteiger partial charge is 0.335 e. The van der Waals surface area contributed by atoms with Gasteiger partial charge in [0.05, 0.1) is 38.9 Å². The highest BCUT2D eigenvalue weighted by atomic mass is 32.2. The highest BCUT2D eigenvalue weighted by Gasteiger charge is 2.39. The molecular formula is C35H35N3O4S. The van der Waals surface area contributed by atoms with Crippen LogP contribution in [0.1, 0.15) is 73.1 Å². The highest BCUT2D eigenvalue weighted by molar-refractivity contribution is 7.92. The fourth-order valence-electron chi connectivity index (χ4n) is 6.14. The van der Waals surface area contributed by atoms with E-state index in [0.717, 1.165) is 35.3 Å². The Kier molecular flexibility index (Phi) is 6.73. The molecule has 6 rings (SSSR count). The van der Waals surface area contributed by atoms with Crippen molar-refractivity contribution in [1.82, 2.24) is 0 Å². The lowest BCUT2D eigenvalue weighted by Gasteiger charge is -2.43. The number of hydrogen-bond acceptors (Lipinski definition) is 5. The van der Waals surface area contributed by atoms with Gasteiger partial charge in [-0.25, -0.2) is 18.2 Å². The third-order valence-electron chi connectivity index (χ3n) is 8.87. The van der Waals surface area contributed by atoms with Gasteiger partial charge in [-0.3, -0.25) is 4.72 Å². The average molecular weight is 594 g/mol. The van der Waals surface area contributed by atoms with Crippen LogP contribution in [0, 0.1) is 0 Å². The van der Waals surface area contributed by atoms with E-state index in [1.807, 2.05) is 13.1 Å². The van der Waals surface area contributed by atoms with Gasteiger partial charge >= 0.3 is 5.97 Å². The molecule has 0 spiro atoms. The van der Waals surface area contributed by atoms with Crippen molar-refractivity contribution in [2.75, 3.05) is 16.7 Å². The number of carboxylic acid groups (broad SMARTS) is 1.